The molecule has 1 aliphatic heterocycles. The molecule has 23 heavy (non-hydrogen) atoms. The molecule has 0 aliphatic carbocycles. The molecule has 3 rings (SSSR count). The van der Waals surface area contributed by atoms with Crippen LogP contribution < -0.4 is 10.2 Å². The van der Waals surface area contributed by atoms with Gasteiger partial charge in [-0.05, 0) is 55.2 Å². The van der Waals surface area contributed by atoms with Crippen LogP contribution in [0, 0.1) is 6.92 Å². The van der Waals surface area contributed by atoms with Crippen molar-refractivity contribution < 1.29 is 9.59 Å². The van der Waals surface area contributed by atoms with Gasteiger partial charge >= 0.3 is 0 Å². The zero-order valence-electron chi connectivity index (χ0n) is 13.6. The number of carbonyl (C=O) groups excluding carboxylic acids is 2. The van der Waals surface area contributed by atoms with Crippen LogP contribution >= 0.6 is 11.3 Å². The van der Waals surface area contributed by atoms with Crippen molar-refractivity contribution in [1.82, 2.24) is 0 Å². The van der Waals surface area contributed by atoms with Crippen molar-refractivity contribution >= 4 is 34.5 Å². The molecule has 1 aliphatic rings. The van der Waals surface area contributed by atoms with Gasteiger partial charge in [-0.15, -0.1) is 11.3 Å². The first-order valence-electron chi connectivity index (χ1n) is 7.81. The van der Waals surface area contributed by atoms with Crippen LogP contribution in [0.2, 0.25) is 0 Å². The molecule has 0 saturated heterocycles. The van der Waals surface area contributed by atoms with E-state index < -0.39 is 0 Å². The minimum Gasteiger partial charge on any atom is -0.321 e. The molecule has 1 aromatic carbocycles. The van der Waals surface area contributed by atoms with Gasteiger partial charge in [-0.3, -0.25) is 9.59 Å². The van der Waals surface area contributed by atoms with E-state index in [0.29, 0.717) is 6.54 Å². The highest BCUT2D eigenvalue weighted by Gasteiger charge is 2.22. The Morgan fingerprint density at radius 1 is 1.30 bits per heavy atom. The number of hydrogen-bond acceptors (Lipinski definition) is 3. The Hall–Kier alpha value is -2.14. The number of nitrogens with zero attached hydrogens (tertiary/aromatic N) is 1. The Balaban J connectivity index is 1.78. The predicted octanol–water partition coefficient (Wildman–Crippen LogP) is 3.78. The van der Waals surface area contributed by atoms with Gasteiger partial charge in [0.25, 0.3) is 5.91 Å². The molecule has 0 fully saturated rings. The number of amides is 2. The molecule has 1 N–H and O–H groups in total. The summed E-state index contributed by atoms with van der Waals surface area (Å²) in [5.74, 6) is -0.0131. The van der Waals surface area contributed by atoms with Crippen molar-refractivity contribution in [2.24, 2.45) is 0 Å². The highest BCUT2D eigenvalue weighted by Crippen LogP contribution is 2.31. The zero-order valence-corrected chi connectivity index (χ0v) is 14.4. The fourth-order valence-electron chi connectivity index (χ4n) is 2.98. The Morgan fingerprint density at radius 2 is 2.09 bits per heavy atom. The van der Waals surface area contributed by atoms with Crippen LogP contribution in [0.15, 0.2) is 24.3 Å². The molecule has 5 heteroatoms. The van der Waals surface area contributed by atoms with Crippen LogP contribution in [0.4, 0.5) is 11.4 Å². The lowest BCUT2D eigenvalue weighted by atomic mass is 10.1. The second-order valence-electron chi connectivity index (χ2n) is 5.76. The fourth-order valence-corrected chi connectivity index (χ4v) is 3.99. The van der Waals surface area contributed by atoms with Crippen LogP contribution in [0.5, 0.6) is 0 Å². The number of rotatable bonds is 3. The molecule has 0 spiro atoms. The smallest absolute Gasteiger partial charge is 0.265 e. The third kappa shape index (κ3) is 3.01. The van der Waals surface area contributed by atoms with Crippen LogP contribution in [-0.2, 0) is 17.6 Å². The average Bonchev–Trinajstić information content (AvgIpc) is 3.10. The Morgan fingerprint density at radius 3 is 2.74 bits per heavy atom. The Labute approximate surface area is 140 Å². The number of hydrogen-bond donors (Lipinski definition) is 1. The maximum absolute atomic E-state index is 12.4. The van der Waals surface area contributed by atoms with E-state index in [9.17, 15) is 9.59 Å². The summed E-state index contributed by atoms with van der Waals surface area (Å²) in [6.45, 7) is 6.44. The summed E-state index contributed by atoms with van der Waals surface area (Å²) in [6, 6.07) is 7.72. The molecule has 0 saturated carbocycles. The van der Waals surface area contributed by atoms with Crippen molar-refractivity contribution in [1.29, 1.82) is 0 Å². The SMILES string of the molecule is CCc1cc(C(=O)Nc2ccc3c(c2)CCN3C(C)=O)sc1C. The highest BCUT2D eigenvalue weighted by molar-refractivity contribution is 7.14. The number of benzene rings is 1. The van der Waals surface area contributed by atoms with Gasteiger partial charge in [0.15, 0.2) is 0 Å². The first-order valence-corrected chi connectivity index (χ1v) is 8.63. The van der Waals surface area contributed by atoms with Crippen LogP contribution in [0.1, 0.15) is 39.5 Å². The maximum Gasteiger partial charge on any atom is 0.265 e. The number of nitrogens with one attached hydrogen (secondary N) is 1. The molecule has 2 aromatic rings. The van der Waals surface area contributed by atoms with Gasteiger partial charge in [0, 0.05) is 29.7 Å². The van der Waals surface area contributed by atoms with E-state index in [1.165, 1.54) is 21.8 Å². The summed E-state index contributed by atoms with van der Waals surface area (Å²) in [7, 11) is 0. The summed E-state index contributed by atoms with van der Waals surface area (Å²) in [5, 5.41) is 2.96. The lowest BCUT2D eigenvalue weighted by Gasteiger charge is -2.15. The van der Waals surface area contributed by atoms with Gasteiger partial charge in [0.2, 0.25) is 5.91 Å². The van der Waals surface area contributed by atoms with Gasteiger partial charge in [-0.25, -0.2) is 0 Å². The molecule has 2 heterocycles. The molecule has 120 valence electrons. The largest absolute Gasteiger partial charge is 0.321 e. The summed E-state index contributed by atoms with van der Waals surface area (Å²) in [6.07, 6.45) is 1.77. The molecule has 1 aromatic heterocycles. The fraction of sp³-hybridized carbons (Fsp3) is 0.333. The molecule has 0 atom stereocenters. The maximum atomic E-state index is 12.4. The lowest BCUT2D eigenvalue weighted by Crippen LogP contribution is -2.25. The van der Waals surface area contributed by atoms with Gasteiger partial charge in [-0.1, -0.05) is 6.92 Å². The van der Waals surface area contributed by atoms with Crippen molar-refractivity contribution in [2.75, 3.05) is 16.8 Å². The monoisotopic (exact) mass is 328 g/mol. The van der Waals surface area contributed by atoms with Gasteiger partial charge in [0.05, 0.1) is 4.88 Å². The summed E-state index contributed by atoms with van der Waals surface area (Å²) < 4.78 is 0. The van der Waals surface area contributed by atoms with Gasteiger partial charge in [-0.2, -0.15) is 0 Å². The minimum atomic E-state index is -0.0702. The molecule has 0 bridgehead atoms. The molecule has 0 radical (unpaired) electrons. The average molecular weight is 328 g/mol. The van der Waals surface area contributed by atoms with Crippen molar-refractivity contribution in [3.05, 3.63) is 45.1 Å². The number of anilines is 2. The van der Waals surface area contributed by atoms with E-state index in [-0.39, 0.29) is 11.8 Å². The van der Waals surface area contributed by atoms with Crippen molar-refractivity contribution in [3.63, 3.8) is 0 Å². The number of thiophene rings is 1. The van der Waals surface area contributed by atoms with E-state index in [1.807, 2.05) is 31.2 Å². The number of fused-ring (bicyclic) bond motifs is 1. The summed E-state index contributed by atoms with van der Waals surface area (Å²) in [5.41, 5.74) is 4.07. The highest BCUT2D eigenvalue weighted by atomic mass is 32.1. The summed E-state index contributed by atoms with van der Waals surface area (Å²) >= 11 is 1.53. The third-order valence-corrected chi connectivity index (χ3v) is 5.33. The molecular formula is C18H20N2O2S. The third-order valence-electron chi connectivity index (χ3n) is 4.24. The zero-order chi connectivity index (χ0) is 16.6. The van der Waals surface area contributed by atoms with Crippen LogP contribution in [0.25, 0.3) is 0 Å². The number of carbonyl (C=O) groups is 2. The van der Waals surface area contributed by atoms with Crippen LogP contribution in [-0.4, -0.2) is 18.4 Å². The van der Waals surface area contributed by atoms with E-state index in [2.05, 4.69) is 12.2 Å². The Kier molecular flexibility index (Phi) is 4.22. The topological polar surface area (TPSA) is 49.4 Å². The van der Waals surface area contributed by atoms with Crippen LogP contribution in [0.3, 0.4) is 0 Å². The molecule has 0 unspecified atom stereocenters. The predicted molar refractivity (Wildman–Crippen MR) is 94.6 cm³/mol. The molecule has 2 amide bonds. The molecular weight excluding hydrogens is 308 g/mol. The Bertz CT molecular complexity index is 779. The normalized spacial score (nSPS) is 13.1. The van der Waals surface area contributed by atoms with Gasteiger partial charge in [0.1, 0.15) is 0 Å². The van der Waals surface area contributed by atoms with Crippen molar-refractivity contribution in [2.45, 2.75) is 33.6 Å². The van der Waals surface area contributed by atoms with Crippen molar-refractivity contribution in [3.8, 4) is 0 Å². The van der Waals surface area contributed by atoms with E-state index >= 15 is 0 Å². The second-order valence-corrected chi connectivity index (χ2v) is 7.02. The summed E-state index contributed by atoms with van der Waals surface area (Å²) in [4.78, 5) is 27.7. The van der Waals surface area contributed by atoms with Gasteiger partial charge < -0.3 is 10.2 Å². The standard InChI is InChI=1S/C18H20N2O2S/c1-4-13-10-17(23-11(13)2)18(22)19-15-5-6-16-14(9-15)7-8-20(16)12(3)21/h5-6,9-10H,4,7-8H2,1-3H3,(H,19,22). The molecule has 4 nitrogen and oxygen atoms in total. The minimum absolute atomic E-state index is 0.0571. The van der Waals surface area contributed by atoms with E-state index in [1.54, 1.807) is 11.8 Å². The first-order chi connectivity index (χ1) is 11.0. The quantitative estimate of drug-likeness (QED) is 0.932. The second kappa shape index (κ2) is 6.16. The van der Waals surface area contributed by atoms with E-state index in [4.69, 9.17) is 0 Å². The number of aryl methyl sites for hydroxylation is 2. The lowest BCUT2D eigenvalue weighted by molar-refractivity contribution is -0.116. The van der Waals surface area contributed by atoms with E-state index in [0.717, 1.165) is 34.7 Å². The first kappa shape index (κ1) is 15.7.